The first kappa shape index (κ1) is 17.3. The molecule has 20 heavy (non-hydrogen) atoms. The van der Waals surface area contributed by atoms with Crippen LogP contribution >= 0.6 is 12.4 Å². The van der Waals surface area contributed by atoms with E-state index in [9.17, 15) is 5.11 Å². The molecule has 1 aliphatic rings. The van der Waals surface area contributed by atoms with Gasteiger partial charge in [0.2, 0.25) is 0 Å². The molecule has 0 aliphatic carbocycles. The molecule has 1 aromatic rings. The number of rotatable bonds is 5. The summed E-state index contributed by atoms with van der Waals surface area (Å²) in [4.78, 5) is 2.34. The first-order valence-electron chi connectivity index (χ1n) is 7.24. The zero-order valence-corrected chi connectivity index (χ0v) is 13.2. The van der Waals surface area contributed by atoms with Gasteiger partial charge >= 0.3 is 0 Å². The van der Waals surface area contributed by atoms with Gasteiger partial charge in [-0.2, -0.15) is 0 Å². The Morgan fingerprint density at radius 3 is 2.60 bits per heavy atom. The van der Waals surface area contributed by atoms with Crippen molar-refractivity contribution in [1.82, 2.24) is 4.90 Å². The van der Waals surface area contributed by atoms with E-state index in [0.29, 0.717) is 6.61 Å². The lowest BCUT2D eigenvalue weighted by Crippen LogP contribution is -2.40. The highest BCUT2D eigenvalue weighted by Gasteiger charge is 2.18. The number of para-hydroxylation sites is 1. The molecule has 1 saturated heterocycles. The molecule has 1 unspecified atom stereocenters. The molecule has 0 radical (unpaired) electrons. The molecule has 0 spiro atoms. The van der Waals surface area contributed by atoms with Crippen molar-refractivity contribution in [2.24, 2.45) is 5.92 Å². The van der Waals surface area contributed by atoms with E-state index in [-0.39, 0.29) is 12.4 Å². The Bertz CT molecular complexity index is 392. The van der Waals surface area contributed by atoms with E-state index >= 15 is 0 Å². The van der Waals surface area contributed by atoms with Gasteiger partial charge in [-0.3, -0.25) is 0 Å². The van der Waals surface area contributed by atoms with Crippen LogP contribution in [0, 0.1) is 12.8 Å². The average molecular weight is 300 g/mol. The van der Waals surface area contributed by atoms with Crippen molar-refractivity contribution in [2.45, 2.75) is 32.8 Å². The van der Waals surface area contributed by atoms with Gasteiger partial charge in [0.25, 0.3) is 0 Å². The van der Waals surface area contributed by atoms with Crippen LogP contribution in [0.1, 0.15) is 25.3 Å². The summed E-state index contributed by atoms with van der Waals surface area (Å²) in [5, 5.41) is 10.1. The second kappa shape index (κ2) is 8.50. The molecule has 1 aliphatic heterocycles. The number of likely N-dealkylation sites (tertiary alicyclic amines) is 1. The van der Waals surface area contributed by atoms with Crippen molar-refractivity contribution in [3.8, 4) is 5.75 Å². The molecule has 3 nitrogen and oxygen atoms in total. The summed E-state index contributed by atoms with van der Waals surface area (Å²) in [6.45, 7) is 7.61. The highest BCUT2D eigenvalue weighted by Crippen LogP contribution is 2.18. The maximum absolute atomic E-state index is 10.1. The summed E-state index contributed by atoms with van der Waals surface area (Å²) in [5.41, 5.74) is 1.11. The van der Waals surface area contributed by atoms with Crippen LogP contribution in [0.25, 0.3) is 0 Å². The Labute approximate surface area is 128 Å². The summed E-state index contributed by atoms with van der Waals surface area (Å²) >= 11 is 0. The van der Waals surface area contributed by atoms with Crippen LogP contribution in [0.5, 0.6) is 5.75 Å². The maximum atomic E-state index is 10.1. The van der Waals surface area contributed by atoms with Crippen molar-refractivity contribution in [3.63, 3.8) is 0 Å². The van der Waals surface area contributed by atoms with E-state index in [1.54, 1.807) is 0 Å². The molecule has 1 heterocycles. The monoisotopic (exact) mass is 299 g/mol. The van der Waals surface area contributed by atoms with Crippen molar-refractivity contribution in [1.29, 1.82) is 0 Å². The SMILES string of the molecule is Cc1ccccc1OCC(O)CN1CCC(C)CC1.Cl. The molecule has 4 heteroatoms. The maximum Gasteiger partial charge on any atom is 0.122 e. The molecule has 0 saturated carbocycles. The van der Waals surface area contributed by atoms with Crippen LogP contribution in [-0.2, 0) is 0 Å². The number of piperidine rings is 1. The van der Waals surface area contributed by atoms with Crippen LogP contribution in [0.2, 0.25) is 0 Å². The number of hydrogen-bond donors (Lipinski definition) is 1. The molecule has 0 aromatic heterocycles. The second-order valence-electron chi connectivity index (χ2n) is 5.71. The van der Waals surface area contributed by atoms with Crippen LogP contribution < -0.4 is 4.74 Å². The zero-order chi connectivity index (χ0) is 13.7. The van der Waals surface area contributed by atoms with E-state index < -0.39 is 6.10 Å². The van der Waals surface area contributed by atoms with E-state index in [2.05, 4.69) is 11.8 Å². The first-order chi connectivity index (χ1) is 9.15. The number of halogens is 1. The molecule has 0 amide bonds. The minimum Gasteiger partial charge on any atom is -0.491 e. The highest BCUT2D eigenvalue weighted by molar-refractivity contribution is 5.85. The highest BCUT2D eigenvalue weighted by atomic mass is 35.5. The number of nitrogens with zero attached hydrogens (tertiary/aromatic N) is 1. The largest absolute Gasteiger partial charge is 0.491 e. The minimum absolute atomic E-state index is 0. The molecule has 114 valence electrons. The Morgan fingerprint density at radius 1 is 1.30 bits per heavy atom. The van der Waals surface area contributed by atoms with Crippen molar-refractivity contribution in [3.05, 3.63) is 29.8 Å². The van der Waals surface area contributed by atoms with Crippen LogP contribution in [0.15, 0.2) is 24.3 Å². The van der Waals surface area contributed by atoms with Crippen molar-refractivity contribution < 1.29 is 9.84 Å². The lowest BCUT2D eigenvalue weighted by Gasteiger charge is -2.31. The number of aliphatic hydroxyl groups is 1. The van der Waals surface area contributed by atoms with Gasteiger partial charge in [-0.15, -0.1) is 12.4 Å². The summed E-state index contributed by atoms with van der Waals surface area (Å²) in [6.07, 6.45) is 2.07. The molecular weight excluding hydrogens is 274 g/mol. The Morgan fingerprint density at radius 2 is 1.95 bits per heavy atom. The molecule has 0 bridgehead atoms. The third-order valence-electron chi connectivity index (χ3n) is 3.87. The fraction of sp³-hybridized carbons (Fsp3) is 0.625. The van der Waals surface area contributed by atoms with Crippen LogP contribution in [0.4, 0.5) is 0 Å². The van der Waals surface area contributed by atoms with E-state index in [1.807, 2.05) is 31.2 Å². The Kier molecular flexibility index (Phi) is 7.35. The molecule has 2 rings (SSSR count). The van der Waals surface area contributed by atoms with Crippen molar-refractivity contribution in [2.75, 3.05) is 26.2 Å². The Hall–Kier alpha value is -0.770. The fourth-order valence-electron chi connectivity index (χ4n) is 2.50. The molecule has 1 atom stereocenters. The number of β-amino-alcohol motifs (C(OH)–C–C–N with tert-alkyl or cyclic N) is 1. The van der Waals surface area contributed by atoms with E-state index in [0.717, 1.165) is 36.9 Å². The summed E-state index contributed by atoms with van der Waals surface area (Å²) in [7, 11) is 0. The number of hydrogen-bond acceptors (Lipinski definition) is 3. The molecule has 1 fully saturated rings. The van der Waals surface area contributed by atoms with Gasteiger partial charge in [0.1, 0.15) is 18.5 Å². The fourth-order valence-corrected chi connectivity index (χ4v) is 2.50. The van der Waals surface area contributed by atoms with Gasteiger partial charge in [-0.05, 0) is 50.4 Å². The minimum atomic E-state index is -0.409. The molecule has 1 N–H and O–H groups in total. The quantitative estimate of drug-likeness (QED) is 0.907. The third-order valence-corrected chi connectivity index (χ3v) is 3.87. The van der Waals surface area contributed by atoms with Gasteiger partial charge in [0, 0.05) is 6.54 Å². The predicted octanol–water partition coefficient (Wildman–Crippen LogP) is 2.89. The average Bonchev–Trinajstić information content (AvgIpc) is 2.40. The lowest BCUT2D eigenvalue weighted by molar-refractivity contribution is 0.0561. The number of aryl methyl sites for hydroxylation is 1. The zero-order valence-electron chi connectivity index (χ0n) is 12.4. The van der Waals surface area contributed by atoms with Gasteiger partial charge < -0.3 is 14.7 Å². The van der Waals surface area contributed by atoms with Gasteiger partial charge in [-0.25, -0.2) is 0 Å². The topological polar surface area (TPSA) is 32.7 Å². The summed E-state index contributed by atoms with van der Waals surface area (Å²) in [5.74, 6) is 1.70. The van der Waals surface area contributed by atoms with Crippen molar-refractivity contribution >= 4 is 12.4 Å². The number of ether oxygens (including phenoxy) is 1. The molecular formula is C16H26ClNO2. The molecule has 1 aromatic carbocycles. The lowest BCUT2D eigenvalue weighted by atomic mass is 9.99. The third kappa shape index (κ3) is 5.31. The van der Waals surface area contributed by atoms with Crippen LogP contribution in [-0.4, -0.2) is 42.4 Å². The van der Waals surface area contributed by atoms with Crippen LogP contribution in [0.3, 0.4) is 0 Å². The van der Waals surface area contributed by atoms with Gasteiger partial charge in [0.15, 0.2) is 0 Å². The Balaban J connectivity index is 0.00000200. The van der Waals surface area contributed by atoms with E-state index in [4.69, 9.17) is 4.74 Å². The smallest absolute Gasteiger partial charge is 0.122 e. The summed E-state index contributed by atoms with van der Waals surface area (Å²) < 4.78 is 5.68. The number of aliphatic hydroxyl groups excluding tert-OH is 1. The normalized spacial score (nSPS) is 18.4. The van der Waals surface area contributed by atoms with Gasteiger partial charge in [-0.1, -0.05) is 25.1 Å². The second-order valence-corrected chi connectivity index (χ2v) is 5.71. The standard InChI is InChI=1S/C16H25NO2.ClH/c1-13-7-9-17(10-8-13)11-15(18)12-19-16-6-4-3-5-14(16)2;/h3-6,13,15,18H,7-12H2,1-2H3;1H. The predicted molar refractivity (Wildman–Crippen MR) is 84.8 cm³/mol. The number of benzene rings is 1. The summed E-state index contributed by atoms with van der Waals surface area (Å²) in [6, 6.07) is 7.92. The van der Waals surface area contributed by atoms with E-state index in [1.165, 1.54) is 12.8 Å². The van der Waals surface area contributed by atoms with Gasteiger partial charge in [0.05, 0.1) is 0 Å². The first-order valence-corrected chi connectivity index (χ1v) is 7.24.